The molecule has 0 radical (unpaired) electrons. The normalized spacial score (nSPS) is 10.4. The first-order valence-electron chi connectivity index (χ1n) is 11.7. The molecule has 0 aliphatic carbocycles. The summed E-state index contributed by atoms with van der Waals surface area (Å²) in [5.41, 5.74) is 3.70. The fourth-order valence-electron chi connectivity index (χ4n) is 3.79. The lowest BCUT2D eigenvalue weighted by atomic mass is 10.1. The molecule has 184 valence electrons. The summed E-state index contributed by atoms with van der Waals surface area (Å²) in [4.78, 5) is 15.1. The number of benzene rings is 4. The van der Waals surface area contributed by atoms with Gasteiger partial charge >= 0.3 is 6.03 Å². The minimum absolute atomic E-state index is 0.213. The second-order valence-electron chi connectivity index (χ2n) is 8.26. The number of carbonyl (C=O) groups is 1. The number of hydrogen-bond acceptors (Lipinski definition) is 4. The molecule has 0 saturated carbocycles. The first kappa shape index (κ1) is 24.7. The van der Waals surface area contributed by atoms with Crippen LogP contribution in [0.4, 0.5) is 10.5 Å². The average molecular weight is 483 g/mol. The predicted molar refractivity (Wildman–Crippen MR) is 141 cm³/mol. The van der Waals surface area contributed by atoms with Crippen molar-refractivity contribution in [2.75, 3.05) is 19.5 Å². The monoisotopic (exact) mass is 482 g/mol. The Morgan fingerprint density at radius 2 is 1.39 bits per heavy atom. The topological polar surface area (TPSA) is 60.0 Å². The zero-order valence-electron chi connectivity index (χ0n) is 20.5. The van der Waals surface area contributed by atoms with Gasteiger partial charge in [-0.15, -0.1) is 0 Å². The largest absolute Gasteiger partial charge is 0.497 e. The van der Waals surface area contributed by atoms with Gasteiger partial charge in [0.2, 0.25) is 0 Å². The maximum absolute atomic E-state index is 13.3. The molecule has 0 bridgehead atoms. The van der Waals surface area contributed by atoms with Gasteiger partial charge in [-0.05, 0) is 41.0 Å². The van der Waals surface area contributed by atoms with Gasteiger partial charge in [-0.3, -0.25) is 0 Å². The van der Waals surface area contributed by atoms with Crippen molar-refractivity contribution in [1.29, 1.82) is 0 Å². The fraction of sp³-hybridized carbons (Fsp3) is 0.167. The van der Waals surface area contributed by atoms with Crippen LogP contribution in [0.1, 0.15) is 16.7 Å². The summed E-state index contributed by atoms with van der Waals surface area (Å²) < 4.78 is 16.9. The Labute approximate surface area is 212 Å². The van der Waals surface area contributed by atoms with E-state index in [1.807, 2.05) is 97.1 Å². The third-order valence-electron chi connectivity index (χ3n) is 5.66. The standard InChI is InChI=1S/C30H30N2O4/c1-34-27-15-9-14-26(19-27)31-30(33)32(20-23-10-5-3-6-11-23)21-25-16-17-28(29(18-25)35-2)36-22-24-12-7-4-8-13-24/h3-19H,20-22H2,1-2H3,(H,31,33). The Hall–Kier alpha value is -4.45. The van der Waals surface area contributed by atoms with E-state index in [2.05, 4.69) is 5.32 Å². The van der Waals surface area contributed by atoms with Crippen LogP contribution in [-0.2, 0) is 19.7 Å². The number of nitrogens with zero attached hydrogens (tertiary/aromatic N) is 1. The third-order valence-corrected chi connectivity index (χ3v) is 5.66. The van der Waals surface area contributed by atoms with Crippen LogP contribution in [0.3, 0.4) is 0 Å². The number of rotatable bonds is 10. The summed E-state index contributed by atoms with van der Waals surface area (Å²) in [5, 5.41) is 2.99. The van der Waals surface area contributed by atoms with Crippen molar-refractivity contribution in [3.05, 3.63) is 120 Å². The van der Waals surface area contributed by atoms with Gasteiger partial charge in [-0.25, -0.2) is 4.79 Å². The minimum Gasteiger partial charge on any atom is -0.497 e. The van der Waals surface area contributed by atoms with Crippen molar-refractivity contribution < 1.29 is 19.0 Å². The quantitative estimate of drug-likeness (QED) is 0.280. The summed E-state index contributed by atoms with van der Waals surface area (Å²) in [6.45, 7) is 1.28. The predicted octanol–water partition coefficient (Wildman–Crippen LogP) is 6.52. The minimum atomic E-state index is -0.213. The van der Waals surface area contributed by atoms with Gasteiger partial charge < -0.3 is 24.4 Å². The summed E-state index contributed by atoms with van der Waals surface area (Å²) in [7, 11) is 3.22. The molecular formula is C30H30N2O4. The van der Waals surface area contributed by atoms with E-state index in [1.54, 1.807) is 25.2 Å². The van der Waals surface area contributed by atoms with E-state index < -0.39 is 0 Å². The van der Waals surface area contributed by atoms with Crippen LogP contribution in [-0.4, -0.2) is 25.2 Å². The Balaban J connectivity index is 1.51. The number of amides is 2. The molecule has 0 fully saturated rings. The van der Waals surface area contributed by atoms with Crippen LogP contribution in [0, 0.1) is 0 Å². The lowest BCUT2D eigenvalue weighted by molar-refractivity contribution is 0.206. The van der Waals surface area contributed by atoms with Crippen LogP contribution in [0.25, 0.3) is 0 Å². The second kappa shape index (κ2) is 12.3. The number of methoxy groups -OCH3 is 2. The number of urea groups is 1. The van der Waals surface area contributed by atoms with Gasteiger partial charge in [0.1, 0.15) is 12.4 Å². The Morgan fingerprint density at radius 1 is 0.694 bits per heavy atom. The summed E-state index contributed by atoms with van der Waals surface area (Å²) >= 11 is 0. The summed E-state index contributed by atoms with van der Waals surface area (Å²) in [6, 6.07) is 32.7. The number of hydrogen-bond donors (Lipinski definition) is 1. The first-order chi connectivity index (χ1) is 17.6. The maximum atomic E-state index is 13.3. The molecule has 0 atom stereocenters. The van der Waals surface area contributed by atoms with Gasteiger partial charge in [0.15, 0.2) is 11.5 Å². The Morgan fingerprint density at radius 3 is 2.08 bits per heavy atom. The highest BCUT2D eigenvalue weighted by molar-refractivity contribution is 5.89. The molecule has 4 aromatic rings. The van der Waals surface area contributed by atoms with Crippen LogP contribution in [0.15, 0.2) is 103 Å². The van der Waals surface area contributed by atoms with Gasteiger partial charge in [0.25, 0.3) is 0 Å². The van der Waals surface area contributed by atoms with Crippen molar-refractivity contribution >= 4 is 11.7 Å². The molecule has 0 spiro atoms. The van der Waals surface area contributed by atoms with E-state index in [0.29, 0.717) is 42.6 Å². The van der Waals surface area contributed by atoms with E-state index in [-0.39, 0.29) is 6.03 Å². The van der Waals surface area contributed by atoms with Gasteiger partial charge in [-0.1, -0.05) is 72.8 Å². The van der Waals surface area contributed by atoms with Crippen molar-refractivity contribution in [2.45, 2.75) is 19.7 Å². The Kier molecular flexibility index (Phi) is 8.44. The molecule has 0 aromatic heterocycles. The molecule has 0 heterocycles. The molecule has 0 unspecified atom stereocenters. The molecule has 4 aromatic carbocycles. The highest BCUT2D eigenvalue weighted by Gasteiger charge is 2.17. The third kappa shape index (κ3) is 6.79. The van der Waals surface area contributed by atoms with Crippen LogP contribution in [0.2, 0.25) is 0 Å². The van der Waals surface area contributed by atoms with Crippen molar-refractivity contribution in [3.63, 3.8) is 0 Å². The van der Waals surface area contributed by atoms with Crippen molar-refractivity contribution in [2.24, 2.45) is 0 Å². The SMILES string of the molecule is COc1cccc(NC(=O)N(Cc2ccccc2)Cc2ccc(OCc3ccccc3)c(OC)c2)c1. The summed E-state index contributed by atoms with van der Waals surface area (Å²) in [6.07, 6.45) is 0. The summed E-state index contributed by atoms with van der Waals surface area (Å²) in [5.74, 6) is 1.95. The molecule has 36 heavy (non-hydrogen) atoms. The van der Waals surface area contributed by atoms with Gasteiger partial charge in [0.05, 0.1) is 14.2 Å². The van der Waals surface area contributed by atoms with E-state index in [1.165, 1.54) is 0 Å². The smallest absolute Gasteiger partial charge is 0.322 e. The van der Waals surface area contributed by atoms with Crippen LogP contribution >= 0.6 is 0 Å². The van der Waals surface area contributed by atoms with E-state index in [0.717, 1.165) is 16.7 Å². The lowest BCUT2D eigenvalue weighted by Gasteiger charge is -2.24. The molecule has 0 aliphatic heterocycles. The van der Waals surface area contributed by atoms with Gasteiger partial charge in [0, 0.05) is 24.8 Å². The fourth-order valence-corrected chi connectivity index (χ4v) is 3.79. The van der Waals surface area contributed by atoms with Crippen molar-refractivity contribution in [3.8, 4) is 17.2 Å². The average Bonchev–Trinajstić information content (AvgIpc) is 2.93. The number of carbonyl (C=O) groups excluding carboxylic acids is 1. The number of nitrogens with one attached hydrogen (secondary N) is 1. The lowest BCUT2D eigenvalue weighted by Crippen LogP contribution is -2.34. The molecule has 0 saturated heterocycles. The molecule has 6 nitrogen and oxygen atoms in total. The maximum Gasteiger partial charge on any atom is 0.322 e. The van der Waals surface area contributed by atoms with E-state index >= 15 is 0 Å². The number of anilines is 1. The van der Waals surface area contributed by atoms with Crippen LogP contribution in [0.5, 0.6) is 17.2 Å². The first-order valence-corrected chi connectivity index (χ1v) is 11.7. The Bertz CT molecular complexity index is 1260. The second-order valence-corrected chi connectivity index (χ2v) is 8.26. The zero-order valence-corrected chi connectivity index (χ0v) is 20.5. The molecule has 6 heteroatoms. The molecule has 4 rings (SSSR count). The highest BCUT2D eigenvalue weighted by Crippen LogP contribution is 2.30. The molecular weight excluding hydrogens is 452 g/mol. The molecule has 1 N–H and O–H groups in total. The van der Waals surface area contributed by atoms with E-state index in [9.17, 15) is 4.79 Å². The molecule has 2 amide bonds. The van der Waals surface area contributed by atoms with Gasteiger partial charge in [-0.2, -0.15) is 0 Å². The zero-order chi connectivity index (χ0) is 25.2. The number of ether oxygens (including phenoxy) is 3. The highest BCUT2D eigenvalue weighted by atomic mass is 16.5. The van der Waals surface area contributed by atoms with Crippen LogP contribution < -0.4 is 19.5 Å². The van der Waals surface area contributed by atoms with E-state index in [4.69, 9.17) is 14.2 Å². The molecule has 0 aliphatic rings. The van der Waals surface area contributed by atoms with Crippen molar-refractivity contribution in [1.82, 2.24) is 4.90 Å².